The maximum atomic E-state index is 13.1. The number of ether oxygens (including phenoxy) is 1. The normalized spacial score (nSPS) is 13.3. The Morgan fingerprint density at radius 1 is 1.09 bits per heavy atom. The number of aryl methyl sites for hydroxylation is 1. The molecular formula is C22H18ClN3O5S. The summed E-state index contributed by atoms with van der Waals surface area (Å²) in [6, 6.07) is 12.4. The van der Waals surface area contributed by atoms with Crippen molar-refractivity contribution >= 4 is 39.1 Å². The van der Waals surface area contributed by atoms with Gasteiger partial charge < -0.3 is 4.74 Å². The molecule has 8 nitrogen and oxygen atoms in total. The minimum atomic E-state index is -4.06. The molecule has 0 spiro atoms. The molecule has 2 heterocycles. The fraction of sp³-hybridized carbons (Fsp3) is 0.136. The fourth-order valence-electron chi connectivity index (χ4n) is 3.34. The lowest BCUT2D eigenvalue weighted by Gasteiger charge is -2.16. The summed E-state index contributed by atoms with van der Waals surface area (Å²) in [6.07, 6.45) is 1.44. The average molecular weight is 472 g/mol. The molecule has 0 bridgehead atoms. The molecule has 1 aliphatic rings. The van der Waals surface area contributed by atoms with Crippen molar-refractivity contribution < 1.29 is 22.7 Å². The van der Waals surface area contributed by atoms with Crippen LogP contribution in [-0.4, -0.2) is 37.2 Å². The summed E-state index contributed by atoms with van der Waals surface area (Å²) in [4.78, 5) is 30.1. The van der Waals surface area contributed by atoms with Gasteiger partial charge >= 0.3 is 0 Å². The summed E-state index contributed by atoms with van der Waals surface area (Å²) in [5.74, 6) is -0.896. The lowest BCUT2D eigenvalue weighted by Crippen LogP contribution is -2.29. The van der Waals surface area contributed by atoms with E-state index in [1.54, 1.807) is 24.3 Å². The zero-order chi connectivity index (χ0) is 23.0. The molecule has 10 heteroatoms. The molecular weight excluding hydrogens is 454 g/mol. The smallest absolute Gasteiger partial charge is 0.280 e. The van der Waals surface area contributed by atoms with Crippen LogP contribution in [0.25, 0.3) is 0 Å². The highest BCUT2D eigenvalue weighted by Crippen LogP contribution is 2.30. The summed E-state index contributed by atoms with van der Waals surface area (Å²) < 4.78 is 33.9. The number of pyridine rings is 1. The summed E-state index contributed by atoms with van der Waals surface area (Å²) in [5, 5.41) is 0.421. The zero-order valence-electron chi connectivity index (χ0n) is 17.1. The van der Waals surface area contributed by atoms with Gasteiger partial charge in [-0.15, -0.1) is 0 Å². The molecule has 32 heavy (non-hydrogen) atoms. The topological polar surface area (TPSA) is 106 Å². The number of carbonyl (C=O) groups excluding carboxylic acids is 2. The Morgan fingerprint density at radius 2 is 1.88 bits per heavy atom. The fourth-order valence-corrected chi connectivity index (χ4v) is 4.79. The van der Waals surface area contributed by atoms with Crippen molar-refractivity contribution in [3.05, 3.63) is 82.1 Å². The average Bonchev–Trinajstić information content (AvgIpc) is 3.01. The van der Waals surface area contributed by atoms with Gasteiger partial charge in [-0.2, -0.15) is 0 Å². The van der Waals surface area contributed by atoms with Gasteiger partial charge in [0.05, 0.1) is 24.9 Å². The lowest BCUT2D eigenvalue weighted by atomic mass is 10.2. The lowest BCUT2D eigenvalue weighted by molar-refractivity contribution is 0.0640. The van der Waals surface area contributed by atoms with Gasteiger partial charge in [-0.25, -0.2) is 8.42 Å². The Balaban J connectivity index is 1.65. The molecule has 1 N–H and O–H groups in total. The molecule has 0 saturated heterocycles. The van der Waals surface area contributed by atoms with E-state index in [1.165, 1.54) is 37.6 Å². The Morgan fingerprint density at radius 3 is 2.56 bits per heavy atom. The van der Waals surface area contributed by atoms with E-state index < -0.39 is 21.8 Å². The van der Waals surface area contributed by atoms with E-state index in [-0.39, 0.29) is 28.4 Å². The van der Waals surface area contributed by atoms with Crippen LogP contribution in [0.2, 0.25) is 5.02 Å². The van der Waals surface area contributed by atoms with Crippen LogP contribution in [0.5, 0.6) is 5.75 Å². The van der Waals surface area contributed by atoms with E-state index in [0.29, 0.717) is 16.3 Å². The first-order valence-electron chi connectivity index (χ1n) is 9.48. The van der Waals surface area contributed by atoms with Crippen LogP contribution in [0, 0.1) is 6.92 Å². The molecule has 1 aliphatic heterocycles. The van der Waals surface area contributed by atoms with Crippen molar-refractivity contribution in [3.8, 4) is 5.75 Å². The number of nitrogens with one attached hydrogen (secondary N) is 1. The molecule has 0 saturated carbocycles. The third-order valence-electron chi connectivity index (χ3n) is 5.01. The number of carbonyl (C=O) groups is 2. The third-order valence-corrected chi connectivity index (χ3v) is 6.82. The quantitative estimate of drug-likeness (QED) is 0.550. The molecule has 3 aromatic rings. The van der Waals surface area contributed by atoms with Crippen LogP contribution < -0.4 is 9.46 Å². The number of sulfonamides is 1. The van der Waals surface area contributed by atoms with Crippen LogP contribution in [0.15, 0.2) is 59.6 Å². The second kappa shape index (κ2) is 8.25. The summed E-state index contributed by atoms with van der Waals surface area (Å²) in [7, 11) is -2.70. The first-order valence-corrected chi connectivity index (χ1v) is 11.3. The van der Waals surface area contributed by atoms with E-state index >= 15 is 0 Å². The Labute approximate surface area is 189 Å². The Bertz CT molecular complexity index is 1320. The van der Waals surface area contributed by atoms with Crippen molar-refractivity contribution in [1.82, 2.24) is 9.88 Å². The number of aromatic nitrogens is 1. The molecule has 0 atom stereocenters. The monoisotopic (exact) mass is 471 g/mol. The number of anilines is 1. The number of nitrogens with zero attached hydrogens (tertiary/aromatic N) is 2. The number of hydrogen-bond acceptors (Lipinski definition) is 6. The SMILES string of the molecule is COc1ccc(CN2C(=O)c3cccnc3C2=O)cc1S(=O)(=O)Nc1ccc(C)c(Cl)c1. The van der Waals surface area contributed by atoms with Crippen molar-refractivity contribution in [2.75, 3.05) is 11.8 Å². The number of methoxy groups -OCH3 is 1. The van der Waals surface area contributed by atoms with Crippen LogP contribution >= 0.6 is 11.6 Å². The molecule has 0 unspecified atom stereocenters. The Hall–Kier alpha value is -3.43. The molecule has 4 rings (SSSR count). The predicted octanol–water partition coefficient (Wildman–Crippen LogP) is 3.65. The second-order valence-electron chi connectivity index (χ2n) is 7.15. The standard InChI is InChI=1S/C22H18ClN3O5S/c1-13-5-7-15(11-17(13)23)25-32(29,30)19-10-14(6-8-18(19)31-2)12-26-21(27)16-4-3-9-24-20(16)22(26)28/h3-11,25H,12H2,1-2H3. The van der Waals surface area contributed by atoms with Crippen molar-refractivity contribution in [2.24, 2.45) is 0 Å². The van der Waals surface area contributed by atoms with E-state index in [2.05, 4.69) is 9.71 Å². The number of benzene rings is 2. The number of amides is 2. The van der Waals surface area contributed by atoms with Crippen molar-refractivity contribution in [3.63, 3.8) is 0 Å². The van der Waals surface area contributed by atoms with Gasteiger partial charge in [0.2, 0.25) is 0 Å². The number of fused-ring (bicyclic) bond motifs is 1. The van der Waals surface area contributed by atoms with Crippen molar-refractivity contribution in [2.45, 2.75) is 18.4 Å². The molecule has 0 fully saturated rings. The highest BCUT2D eigenvalue weighted by molar-refractivity contribution is 7.92. The predicted molar refractivity (Wildman–Crippen MR) is 118 cm³/mol. The van der Waals surface area contributed by atoms with E-state index in [0.717, 1.165) is 10.5 Å². The molecule has 0 radical (unpaired) electrons. The van der Waals surface area contributed by atoms with Crippen LogP contribution in [0.1, 0.15) is 32.0 Å². The number of hydrogen-bond donors (Lipinski definition) is 1. The van der Waals surface area contributed by atoms with Gasteiger partial charge in [0, 0.05) is 11.2 Å². The minimum Gasteiger partial charge on any atom is -0.495 e. The van der Waals surface area contributed by atoms with E-state index in [9.17, 15) is 18.0 Å². The van der Waals surface area contributed by atoms with Gasteiger partial charge in [-0.3, -0.25) is 24.2 Å². The van der Waals surface area contributed by atoms with Gasteiger partial charge in [-0.1, -0.05) is 23.7 Å². The van der Waals surface area contributed by atoms with E-state index in [4.69, 9.17) is 16.3 Å². The first-order chi connectivity index (χ1) is 15.2. The maximum Gasteiger partial charge on any atom is 0.280 e. The van der Waals surface area contributed by atoms with Gasteiger partial charge in [0.15, 0.2) is 0 Å². The molecule has 2 amide bonds. The highest BCUT2D eigenvalue weighted by atomic mass is 35.5. The summed E-state index contributed by atoms with van der Waals surface area (Å²) in [6.45, 7) is 1.69. The summed E-state index contributed by atoms with van der Waals surface area (Å²) >= 11 is 6.10. The number of rotatable bonds is 6. The van der Waals surface area contributed by atoms with Gasteiger partial charge in [0.25, 0.3) is 21.8 Å². The molecule has 164 valence electrons. The second-order valence-corrected chi connectivity index (χ2v) is 9.21. The van der Waals surface area contributed by atoms with Crippen LogP contribution in [0.3, 0.4) is 0 Å². The largest absolute Gasteiger partial charge is 0.495 e. The number of halogens is 1. The molecule has 0 aliphatic carbocycles. The number of imide groups is 1. The van der Waals surface area contributed by atoms with E-state index in [1.807, 2.05) is 6.92 Å². The first kappa shape index (κ1) is 21.8. The molecule has 2 aromatic carbocycles. The molecule has 1 aromatic heterocycles. The maximum absolute atomic E-state index is 13.1. The van der Waals surface area contributed by atoms with Gasteiger partial charge in [0.1, 0.15) is 16.3 Å². The zero-order valence-corrected chi connectivity index (χ0v) is 18.7. The van der Waals surface area contributed by atoms with Crippen LogP contribution in [0.4, 0.5) is 5.69 Å². The van der Waals surface area contributed by atoms with Crippen molar-refractivity contribution in [1.29, 1.82) is 0 Å². The highest BCUT2D eigenvalue weighted by Gasteiger charge is 2.36. The minimum absolute atomic E-state index is 0.0803. The van der Waals surface area contributed by atoms with Crippen LogP contribution in [-0.2, 0) is 16.6 Å². The Kier molecular flexibility index (Phi) is 5.62. The third kappa shape index (κ3) is 3.92. The van der Waals surface area contributed by atoms with Gasteiger partial charge in [-0.05, 0) is 54.4 Å². The summed E-state index contributed by atoms with van der Waals surface area (Å²) in [5.41, 5.74) is 1.83.